The summed E-state index contributed by atoms with van der Waals surface area (Å²) in [5, 5.41) is 13.1. The van der Waals surface area contributed by atoms with Crippen LogP contribution in [0.1, 0.15) is 5.56 Å². The Morgan fingerprint density at radius 2 is 2.21 bits per heavy atom. The number of nitrogens with one attached hydrogen (secondary N) is 1. The van der Waals surface area contributed by atoms with Gasteiger partial charge in [-0.25, -0.2) is 0 Å². The summed E-state index contributed by atoms with van der Waals surface area (Å²) in [6.07, 6.45) is 0.229. The molecule has 72 valence electrons. The number of anilines is 1. The molecule has 0 saturated heterocycles. The Morgan fingerprint density at radius 1 is 1.50 bits per heavy atom. The molecular weight excluding hydrogens is 208 g/mol. The molecule has 1 aromatic carbocycles. The van der Waals surface area contributed by atoms with Gasteiger partial charge in [-0.05, 0) is 11.6 Å². The highest BCUT2D eigenvalue weighted by atomic mass is 35.5. The largest absolute Gasteiger partial charge is 0.325 e. The van der Waals surface area contributed by atoms with Gasteiger partial charge >= 0.3 is 0 Å². The number of carbonyl (C=O) groups excluding carboxylic acids is 1. The smallest absolute Gasteiger partial charge is 0.289 e. The third-order valence-electron chi connectivity index (χ3n) is 1.99. The molecule has 0 fully saturated rings. The quantitative estimate of drug-likeness (QED) is 0.569. The number of amides is 1. The molecule has 1 aromatic rings. The summed E-state index contributed by atoms with van der Waals surface area (Å²) in [4.78, 5) is 20.9. The van der Waals surface area contributed by atoms with E-state index in [1.807, 2.05) is 0 Å². The van der Waals surface area contributed by atoms with Gasteiger partial charge in [0.15, 0.2) is 0 Å². The van der Waals surface area contributed by atoms with E-state index in [1.54, 1.807) is 0 Å². The summed E-state index contributed by atoms with van der Waals surface area (Å²) in [5.74, 6) is -0.170. The van der Waals surface area contributed by atoms with Crippen molar-refractivity contribution in [2.75, 3.05) is 5.32 Å². The van der Waals surface area contributed by atoms with Crippen LogP contribution in [0.15, 0.2) is 12.1 Å². The average Bonchev–Trinajstić information content (AvgIpc) is 2.42. The fraction of sp³-hybridized carbons (Fsp3) is 0.125. The summed E-state index contributed by atoms with van der Waals surface area (Å²) in [7, 11) is 0. The minimum Gasteiger partial charge on any atom is -0.325 e. The van der Waals surface area contributed by atoms with Crippen LogP contribution in [0.25, 0.3) is 0 Å². The Hall–Kier alpha value is -1.62. The van der Waals surface area contributed by atoms with E-state index in [2.05, 4.69) is 5.32 Å². The second-order valence-electron chi connectivity index (χ2n) is 2.94. The fourth-order valence-electron chi connectivity index (χ4n) is 1.37. The van der Waals surface area contributed by atoms with Gasteiger partial charge in [-0.2, -0.15) is 0 Å². The van der Waals surface area contributed by atoms with Crippen LogP contribution in [0, 0.1) is 10.1 Å². The zero-order valence-electron chi connectivity index (χ0n) is 6.91. The molecule has 0 aliphatic carbocycles. The van der Waals surface area contributed by atoms with Crippen molar-refractivity contribution in [2.24, 2.45) is 0 Å². The van der Waals surface area contributed by atoms with Crippen molar-refractivity contribution < 1.29 is 9.72 Å². The molecule has 1 heterocycles. The van der Waals surface area contributed by atoms with E-state index in [0.717, 1.165) is 0 Å². The van der Waals surface area contributed by atoms with Crippen LogP contribution in [0.5, 0.6) is 0 Å². The predicted molar refractivity (Wildman–Crippen MR) is 50.4 cm³/mol. The van der Waals surface area contributed by atoms with Crippen molar-refractivity contribution >= 4 is 28.9 Å². The first-order valence-electron chi connectivity index (χ1n) is 3.84. The zero-order valence-corrected chi connectivity index (χ0v) is 7.67. The van der Waals surface area contributed by atoms with Crippen molar-refractivity contribution in [3.63, 3.8) is 0 Å². The molecule has 1 N–H and O–H groups in total. The van der Waals surface area contributed by atoms with Gasteiger partial charge in [0.2, 0.25) is 5.91 Å². The Bertz CT molecular complexity index is 444. The van der Waals surface area contributed by atoms with E-state index in [0.29, 0.717) is 11.3 Å². The predicted octanol–water partition coefficient (Wildman–Crippen LogP) is 1.74. The molecule has 1 aliphatic rings. The Kier molecular flexibility index (Phi) is 1.89. The number of carbonyl (C=O) groups is 1. The number of rotatable bonds is 1. The van der Waals surface area contributed by atoms with E-state index in [-0.39, 0.29) is 23.0 Å². The van der Waals surface area contributed by atoms with Crippen LogP contribution in [-0.2, 0) is 11.2 Å². The Labute approximate surface area is 83.8 Å². The maximum Gasteiger partial charge on any atom is 0.289 e. The number of halogens is 1. The molecule has 0 spiro atoms. The molecule has 0 saturated carbocycles. The third-order valence-corrected chi connectivity index (χ3v) is 2.30. The first-order chi connectivity index (χ1) is 6.58. The Morgan fingerprint density at radius 3 is 2.86 bits per heavy atom. The lowest BCUT2D eigenvalue weighted by Crippen LogP contribution is -2.03. The average molecular weight is 213 g/mol. The molecule has 0 radical (unpaired) electrons. The van der Waals surface area contributed by atoms with Gasteiger partial charge in [-0.15, -0.1) is 0 Å². The van der Waals surface area contributed by atoms with E-state index in [4.69, 9.17) is 11.6 Å². The fourth-order valence-corrected chi connectivity index (χ4v) is 1.63. The molecule has 0 aromatic heterocycles. The van der Waals surface area contributed by atoms with Crippen LogP contribution in [0.2, 0.25) is 5.02 Å². The Balaban J connectivity index is 2.55. The van der Waals surface area contributed by atoms with Gasteiger partial charge in [0, 0.05) is 6.07 Å². The van der Waals surface area contributed by atoms with Crippen molar-refractivity contribution in [3.8, 4) is 0 Å². The lowest BCUT2D eigenvalue weighted by atomic mass is 10.1. The minimum atomic E-state index is -0.576. The maximum atomic E-state index is 11.0. The number of hydrogen-bond donors (Lipinski definition) is 1. The second kappa shape index (κ2) is 2.95. The number of nitrogens with zero attached hydrogens (tertiary/aromatic N) is 1. The van der Waals surface area contributed by atoms with Crippen LogP contribution in [0.3, 0.4) is 0 Å². The van der Waals surface area contributed by atoms with E-state index < -0.39 is 4.92 Å². The van der Waals surface area contributed by atoms with Gasteiger partial charge in [0.05, 0.1) is 17.0 Å². The lowest BCUT2D eigenvalue weighted by Gasteiger charge is -1.99. The molecule has 0 unspecified atom stereocenters. The monoisotopic (exact) mass is 212 g/mol. The standard InChI is InChI=1S/C8H5ClN2O3/c9-5-1-4-2-8(12)10-6(4)3-7(5)11(13)14/h1,3H,2H2,(H,10,12). The van der Waals surface area contributed by atoms with E-state index in [1.165, 1.54) is 12.1 Å². The normalized spacial score (nSPS) is 13.6. The second-order valence-corrected chi connectivity index (χ2v) is 3.35. The highest BCUT2D eigenvalue weighted by Gasteiger charge is 2.23. The van der Waals surface area contributed by atoms with Gasteiger partial charge < -0.3 is 5.32 Å². The molecule has 1 amide bonds. The van der Waals surface area contributed by atoms with Gasteiger partial charge in [0.25, 0.3) is 5.69 Å². The number of hydrogen-bond acceptors (Lipinski definition) is 3. The molecule has 0 atom stereocenters. The van der Waals surface area contributed by atoms with Crippen molar-refractivity contribution in [2.45, 2.75) is 6.42 Å². The van der Waals surface area contributed by atoms with Gasteiger partial charge in [0.1, 0.15) is 5.02 Å². The molecule has 2 rings (SSSR count). The number of nitro groups is 1. The van der Waals surface area contributed by atoms with Crippen LogP contribution < -0.4 is 5.32 Å². The molecule has 5 nitrogen and oxygen atoms in total. The van der Waals surface area contributed by atoms with E-state index in [9.17, 15) is 14.9 Å². The third kappa shape index (κ3) is 1.31. The molecule has 1 aliphatic heterocycles. The number of benzene rings is 1. The summed E-state index contributed by atoms with van der Waals surface area (Å²) >= 11 is 5.67. The summed E-state index contributed by atoms with van der Waals surface area (Å²) in [5.41, 5.74) is 0.990. The van der Waals surface area contributed by atoms with Crippen molar-refractivity contribution in [1.29, 1.82) is 0 Å². The van der Waals surface area contributed by atoms with Crippen molar-refractivity contribution in [3.05, 3.63) is 32.8 Å². The topological polar surface area (TPSA) is 72.2 Å². The summed E-state index contributed by atoms with van der Waals surface area (Å²) in [6.45, 7) is 0. The van der Waals surface area contributed by atoms with Gasteiger partial charge in [-0.1, -0.05) is 11.6 Å². The number of fused-ring (bicyclic) bond motifs is 1. The SMILES string of the molecule is O=C1Cc2cc(Cl)c([N+](=O)[O-])cc2N1. The van der Waals surface area contributed by atoms with Crippen LogP contribution in [0.4, 0.5) is 11.4 Å². The van der Waals surface area contributed by atoms with Crippen LogP contribution in [-0.4, -0.2) is 10.8 Å². The first kappa shape index (κ1) is 8.96. The molecule has 6 heteroatoms. The maximum absolute atomic E-state index is 11.0. The minimum absolute atomic E-state index is 0.0604. The first-order valence-corrected chi connectivity index (χ1v) is 4.22. The van der Waals surface area contributed by atoms with Crippen LogP contribution >= 0.6 is 11.6 Å². The highest BCUT2D eigenvalue weighted by Crippen LogP contribution is 2.33. The molecular formula is C8H5ClN2O3. The van der Waals surface area contributed by atoms with Gasteiger partial charge in [-0.3, -0.25) is 14.9 Å². The lowest BCUT2D eigenvalue weighted by molar-refractivity contribution is -0.384. The van der Waals surface area contributed by atoms with E-state index >= 15 is 0 Å². The highest BCUT2D eigenvalue weighted by molar-refractivity contribution is 6.33. The molecule has 0 bridgehead atoms. The zero-order chi connectivity index (χ0) is 10.3. The number of nitro benzene ring substituents is 1. The summed E-state index contributed by atoms with van der Waals surface area (Å²) in [6, 6.07) is 2.73. The van der Waals surface area contributed by atoms with Crippen molar-refractivity contribution in [1.82, 2.24) is 0 Å². The molecule has 14 heavy (non-hydrogen) atoms. The summed E-state index contributed by atoms with van der Waals surface area (Å²) < 4.78 is 0.